The molecule has 0 aliphatic heterocycles. The minimum absolute atomic E-state index is 0.00429. The van der Waals surface area contributed by atoms with Gasteiger partial charge in [0.15, 0.2) is 10.5 Å². The number of hydrogen-bond donors (Lipinski definition) is 0. The average molecular weight is 335 g/mol. The van der Waals surface area contributed by atoms with Gasteiger partial charge >= 0.3 is 0 Å². The molecule has 0 aliphatic carbocycles. The molecule has 2 aromatic rings. The van der Waals surface area contributed by atoms with Crippen molar-refractivity contribution in [2.45, 2.75) is 39.5 Å². The first-order valence-corrected chi connectivity index (χ1v) is 7.62. The molecule has 1 aromatic heterocycles. The number of carbonyl (C=O) groups excluding carboxylic acids is 1. The third kappa shape index (κ3) is 2.88. The lowest BCUT2D eigenvalue weighted by Crippen LogP contribution is -2.07. The zero-order valence-electron chi connectivity index (χ0n) is 12.2. The maximum Gasteiger partial charge on any atom is 0.197 e. The number of benzene rings is 1. The molecule has 0 aliphatic rings. The Balaban J connectivity index is 2.51. The molecule has 0 radical (unpaired) electrons. The molecule has 0 fully saturated rings. The van der Waals surface area contributed by atoms with E-state index in [2.05, 4.69) is 49.7 Å². The van der Waals surface area contributed by atoms with Crippen LogP contribution in [0.15, 0.2) is 39.6 Å². The summed E-state index contributed by atoms with van der Waals surface area (Å²) in [6, 6.07) is 7.83. The van der Waals surface area contributed by atoms with Crippen LogP contribution in [0, 0.1) is 0 Å². The van der Waals surface area contributed by atoms with E-state index in [0.717, 1.165) is 11.1 Å². The first-order chi connectivity index (χ1) is 9.41. The van der Waals surface area contributed by atoms with Gasteiger partial charge in [-0.25, -0.2) is 0 Å². The minimum atomic E-state index is 0.00429. The molecule has 20 heavy (non-hydrogen) atoms. The summed E-state index contributed by atoms with van der Waals surface area (Å²) in [6.07, 6.45) is 1.52. The Hall–Kier alpha value is -1.35. The lowest BCUT2D eigenvalue weighted by Gasteiger charge is -2.15. The van der Waals surface area contributed by atoms with Crippen LogP contribution in [0.1, 0.15) is 66.6 Å². The van der Waals surface area contributed by atoms with E-state index < -0.39 is 0 Å². The number of carbonyl (C=O) groups is 1. The molecule has 106 valence electrons. The van der Waals surface area contributed by atoms with E-state index in [1.165, 1.54) is 11.8 Å². The van der Waals surface area contributed by atoms with E-state index in [0.29, 0.717) is 22.1 Å². The van der Waals surface area contributed by atoms with Gasteiger partial charge in [-0.2, -0.15) is 0 Å². The first kappa shape index (κ1) is 15.0. The van der Waals surface area contributed by atoms with Crippen LogP contribution in [-0.2, 0) is 0 Å². The van der Waals surface area contributed by atoms with Gasteiger partial charge in [-0.15, -0.1) is 0 Å². The third-order valence-corrected chi connectivity index (χ3v) is 4.09. The van der Waals surface area contributed by atoms with Crippen LogP contribution in [0.25, 0.3) is 0 Å². The molecule has 2 rings (SSSR count). The Morgan fingerprint density at radius 3 is 2.25 bits per heavy atom. The molecule has 0 saturated heterocycles. The number of rotatable bonds is 4. The molecule has 2 nitrogen and oxygen atoms in total. The summed E-state index contributed by atoms with van der Waals surface area (Å²) in [7, 11) is 0. The van der Waals surface area contributed by atoms with Crippen LogP contribution in [0.2, 0.25) is 0 Å². The summed E-state index contributed by atoms with van der Waals surface area (Å²) in [6.45, 7) is 8.54. The largest absolute Gasteiger partial charge is 0.457 e. The summed E-state index contributed by atoms with van der Waals surface area (Å²) in [4.78, 5) is 12.6. The van der Waals surface area contributed by atoms with Gasteiger partial charge in [0.05, 0.1) is 11.8 Å². The van der Waals surface area contributed by atoms with Gasteiger partial charge in [0.2, 0.25) is 0 Å². The lowest BCUT2D eigenvalue weighted by atomic mass is 9.89. The highest BCUT2D eigenvalue weighted by Crippen LogP contribution is 2.28. The van der Waals surface area contributed by atoms with Crippen LogP contribution in [0.3, 0.4) is 0 Å². The molecule has 0 amide bonds. The highest BCUT2D eigenvalue weighted by molar-refractivity contribution is 9.10. The van der Waals surface area contributed by atoms with Crippen molar-refractivity contribution in [3.05, 3.63) is 57.5 Å². The zero-order valence-corrected chi connectivity index (χ0v) is 13.8. The van der Waals surface area contributed by atoms with Gasteiger partial charge in [0, 0.05) is 5.56 Å². The van der Waals surface area contributed by atoms with Crippen molar-refractivity contribution in [1.82, 2.24) is 0 Å². The molecule has 0 saturated carbocycles. The quantitative estimate of drug-likeness (QED) is 0.689. The normalized spacial score (nSPS) is 11.3. The minimum Gasteiger partial charge on any atom is -0.457 e. The second-order valence-corrected chi connectivity index (χ2v) is 6.31. The summed E-state index contributed by atoms with van der Waals surface area (Å²) >= 11 is 3.28. The fourth-order valence-corrected chi connectivity index (χ4v) is 2.65. The van der Waals surface area contributed by atoms with Crippen LogP contribution < -0.4 is 0 Å². The van der Waals surface area contributed by atoms with E-state index in [9.17, 15) is 4.79 Å². The van der Waals surface area contributed by atoms with Crippen molar-refractivity contribution in [3.63, 3.8) is 0 Å². The van der Waals surface area contributed by atoms with E-state index in [1.807, 2.05) is 12.1 Å². The molecule has 1 heterocycles. The van der Waals surface area contributed by atoms with E-state index >= 15 is 0 Å². The van der Waals surface area contributed by atoms with Crippen molar-refractivity contribution >= 4 is 21.7 Å². The van der Waals surface area contributed by atoms with Crippen molar-refractivity contribution in [2.75, 3.05) is 0 Å². The summed E-state index contributed by atoms with van der Waals surface area (Å²) < 4.78 is 5.66. The molecule has 0 spiro atoms. The Kier molecular flexibility index (Phi) is 4.48. The third-order valence-electron chi connectivity index (χ3n) is 3.47. The Morgan fingerprint density at radius 1 is 1.05 bits per heavy atom. The fraction of sp³-hybridized carbons (Fsp3) is 0.353. The highest BCUT2D eigenvalue weighted by Gasteiger charge is 2.20. The highest BCUT2D eigenvalue weighted by atomic mass is 79.9. The van der Waals surface area contributed by atoms with E-state index in [4.69, 9.17) is 4.42 Å². The number of hydrogen-bond acceptors (Lipinski definition) is 2. The first-order valence-electron chi connectivity index (χ1n) is 6.83. The monoisotopic (exact) mass is 334 g/mol. The summed E-state index contributed by atoms with van der Waals surface area (Å²) in [5, 5.41) is 0. The second-order valence-electron chi connectivity index (χ2n) is 5.59. The molecule has 0 atom stereocenters. The topological polar surface area (TPSA) is 30.2 Å². The van der Waals surface area contributed by atoms with Crippen molar-refractivity contribution in [1.29, 1.82) is 0 Å². The van der Waals surface area contributed by atoms with Gasteiger partial charge in [-0.3, -0.25) is 4.79 Å². The van der Waals surface area contributed by atoms with Gasteiger partial charge in [-0.05, 0) is 45.0 Å². The summed E-state index contributed by atoms with van der Waals surface area (Å²) in [5.41, 5.74) is 3.68. The fourth-order valence-electron chi connectivity index (χ4n) is 2.23. The van der Waals surface area contributed by atoms with Crippen LogP contribution in [0.4, 0.5) is 0 Å². The maximum absolute atomic E-state index is 12.6. The Labute approximate surface area is 128 Å². The summed E-state index contributed by atoms with van der Waals surface area (Å²) in [5.74, 6) is 0.764. The Morgan fingerprint density at radius 2 is 1.75 bits per heavy atom. The van der Waals surface area contributed by atoms with E-state index in [1.54, 1.807) is 6.07 Å². The smallest absolute Gasteiger partial charge is 0.197 e. The number of furan rings is 1. The second kappa shape index (κ2) is 5.96. The zero-order chi connectivity index (χ0) is 14.9. The molecule has 3 heteroatoms. The van der Waals surface area contributed by atoms with Gasteiger partial charge in [0.25, 0.3) is 0 Å². The Bertz CT molecular complexity index is 624. The predicted octanol–water partition coefficient (Wildman–Crippen LogP) is 5.52. The molecular formula is C17H19BrO2. The van der Waals surface area contributed by atoms with Crippen molar-refractivity contribution in [2.24, 2.45) is 0 Å². The molecule has 1 aromatic carbocycles. The molecule has 0 N–H and O–H groups in total. The van der Waals surface area contributed by atoms with Gasteiger partial charge < -0.3 is 4.42 Å². The van der Waals surface area contributed by atoms with Crippen LogP contribution >= 0.6 is 15.9 Å². The molecule has 0 unspecified atom stereocenters. The van der Waals surface area contributed by atoms with Gasteiger partial charge in [0.1, 0.15) is 0 Å². The van der Waals surface area contributed by atoms with E-state index in [-0.39, 0.29) is 5.78 Å². The number of ketones is 1. The van der Waals surface area contributed by atoms with Crippen LogP contribution in [0.5, 0.6) is 0 Å². The van der Waals surface area contributed by atoms with Gasteiger partial charge in [-0.1, -0.05) is 45.9 Å². The maximum atomic E-state index is 12.6. The predicted molar refractivity (Wildman–Crippen MR) is 84.5 cm³/mol. The SMILES string of the molecule is CC(C)c1ccc(C(=O)c2ccoc2Br)c(C(C)C)c1. The van der Waals surface area contributed by atoms with Crippen molar-refractivity contribution in [3.8, 4) is 0 Å². The number of halogens is 1. The lowest BCUT2D eigenvalue weighted by molar-refractivity contribution is 0.103. The standard InChI is InChI=1S/C17H19BrO2/c1-10(2)12-5-6-13(15(9-12)11(3)4)16(19)14-7-8-20-17(14)18/h5-11H,1-4H3. The molecule has 0 bridgehead atoms. The molecular weight excluding hydrogens is 316 g/mol. The van der Waals surface area contributed by atoms with Crippen LogP contribution in [-0.4, -0.2) is 5.78 Å². The van der Waals surface area contributed by atoms with Crippen molar-refractivity contribution < 1.29 is 9.21 Å². The average Bonchev–Trinajstić information content (AvgIpc) is 2.83.